The van der Waals surface area contributed by atoms with Crippen LogP contribution in [0.2, 0.25) is 0 Å². The molecule has 0 saturated heterocycles. The van der Waals surface area contributed by atoms with Gasteiger partial charge in [0.05, 0.1) is 6.10 Å². The number of hydrogen-bond acceptors (Lipinski definition) is 2. The topological polar surface area (TPSA) is 49.3 Å². The van der Waals surface area contributed by atoms with Crippen molar-refractivity contribution in [1.82, 2.24) is 5.32 Å². The molecule has 3 heteroatoms. The highest BCUT2D eigenvalue weighted by atomic mass is 16.3. The predicted molar refractivity (Wildman–Crippen MR) is 71.3 cm³/mol. The zero-order chi connectivity index (χ0) is 13.1. The van der Waals surface area contributed by atoms with Gasteiger partial charge in [-0.1, -0.05) is 24.3 Å². The molecule has 98 valence electrons. The van der Waals surface area contributed by atoms with Crippen LogP contribution < -0.4 is 5.32 Å². The van der Waals surface area contributed by atoms with Crippen LogP contribution in [0.25, 0.3) is 0 Å². The van der Waals surface area contributed by atoms with Gasteiger partial charge in [0.1, 0.15) is 0 Å². The highest BCUT2D eigenvalue weighted by molar-refractivity contribution is 5.83. The summed E-state index contributed by atoms with van der Waals surface area (Å²) in [5, 5.41) is 12.0. The van der Waals surface area contributed by atoms with Crippen LogP contribution in [-0.4, -0.2) is 23.7 Å². The molecule has 3 nitrogen and oxygen atoms in total. The summed E-state index contributed by atoms with van der Waals surface area (Å²) in [5.41, 5.74) is 2.56. The fourth-order valence-electron chi connectivity index (χ4n) is 2.37. The van der Waals surface area contributed by atoms with E-state index in [-0.39, 0.29) is 17.9 Å². The summed E-state index contributed by atoms with van der Waals surface area (Å²) in [5.74, 6) is 0.641. The van der Waals surface area contributed by atoms with Gasteiger partial charge in [0, 0.05) is 12.5 Å². The molecule has 1 aromatic rings. The summed E-state index contributed by atoms with van der Waals surface area (Å²) >= 11 is 0. The number of nitrogens with one attached hydrogen (secondary N) is 1. The summed E-state index contributed by atoms with van der Waals surface area (Å²) in [6.45, 7) is 4.39. The molecule has 1 aromatic carbocycles. The Bertz CT molecular complexity index is 428. The number of benzene rings is 1. The van der Waals surface area contributed by atoms with Crippen LogP contribution in [-0.2, 0) is 4.79 Å². The quantitative estimate of drug-likeness (QED) is 0.836. The molecular weight excluding hydrogens is 226 g/mol. The molecule has 0 bridgehead atoms. The van der Waals surface area contributed by atoms with Crippen LogP contribution in [0.15, 0.2) is 24.3 Å². The van der Waals surface area contributed by atoms with Crippen molar-refractivity contribution in [1.29, 1.82) is 0 Å². The van der Waals surface area contributed by atoms with Crippen molar-refractivity contribution in [3.05, 3.63) is 35.4 Å². The summed E-state index contributed by atoms with van der Waals surface area (Å²) in [6, 6.07) is 8.27. The van der Waals surface area contributed by atoms with Gasteiger partial charge in [-0.3, -0.25) is 4.79 Å². The first-order valence-corrected chi connectivity index (χ1v) is 6.61. The smallest absolute Gasteiger partial charge is 0.223 e. The number of rotatable bonds is 5. The van der Waals surface area contributed by atoms with Crippen molar-refractivity contribution in [2.75, 3.05) is 6.54 Å². The molecule has 18 heavy (non-hydrogen) atoms. The van der Waals surface area contributed by atoms with Crippen molar-refractivity contribution in [2.24, 2.45) is 5.92 Å². The van der Waals surface area contributed by atoms with Crippen molar-refractivity contribution < 1.29 is 9.90 Å². The standard InChI is InChI=1S/C15H21NO2/c1-10-5-3-4-6-12(10)13-9-14(13)15(18)16-8-7-11(2)17/h3-6,11,13-14,17H,7-9H2,1-2H3,(H,16,18). The monoisotopic (exact) mass is 247 g/mol. The van der Waals surface area contributed by atoms with Crippen molar-refractivity contribution in [3.63, 3.8) is 0 Å². The van der Waals surface area contributed by atoms with Crippen molar-refractivity contribution in [3.8, 4) is 0 Å². The van der Waals surface area contributed by atoms with E-state index < -0.39 is 0 Å². The largest absolute Gasteiger partial charge is 0.393 e. The molecule has 1 aliphatic carbocycles. The number of aliphatic hydroxyl groups is 1. The van der Waals surface area contributed by atoms with Crippen LogP contribution in [0.3, 0.4) is 0 Å². The van der Waals surface area contributed by atoms with E-state index in [1.54, 1.807) is 6.92 Å². The van der Waals surface area contributed by atoms with Gasteiger partial charge in [-0.25, -0.2) is 0 Å². The van der Waals surface area contributed by atoms with E-state index in [2.05, 4.69) is 24.4 Å². The number of hydrogen-bond donors (Lipinski definition) is 2. The molecule has 0 heterocycles. The fourth-order valence-corrected chi connectivity index (χ4v) is 2.37. The number of carbonyl (C=O) groups excluding carboxylic acids is 1. The van der Waals surface area contributed by atoms with Crippen molar-refractivity contribution >= 4 is 5.91 Å². The minimum Gasteiger partial charge on any atom is -0.393 e. The predicted octanol–water partition coefficient (Wildman–Crippen LogP) is 1.99. The lowest BCUT2D eigenvalue weighted by molar-refractivity contribution is -0.122. The maximum atomic E-state index is 11.9. The molecule has 1 saturated carbocycles. The Labute approximate surface area is 108 Å². The summed E-state index contributed by atoms with van der Waals surface area (Å²) in [6.07, 6.45) is 1.22. The Morgan fingerprint density at radius 2 is 2.22 bits per heavy atom. The maximum Gasteiger partial charge on any atom is 0.223 e. The molecule has 0 aromatic heterocycles. The van der Waals surface area contributed by atoms with E-state index >= 15 is 0 Å². The second kappa shape index (κ2) is 5.53. The zero-order valence-corrected chi connectivity index (χ0v) is 11.0. The molecule has 3 unspecified atom stereocenters. The first-order chi connectivity index (χ1) is 8.59. The van der Waals surface area contributed by atoms with Gasteiger partial charge in [-0.05, 0) is 43.7 Å². The van der Waals surface area contributed by atoms with Crippen LogP contribution in [0.5, 0.6) is 0 Å². The summed E-state index contributed by atoms with van der Waals surface area (Å²) in [7, 11) is 0. The van der Waals surface area contributed by atoms with Gasteiger partial charge < -0.3 is 10.4 Å². The molecule has 2 N–H and O–H groups in total. The Balaban J connectivity index is 1.84. The van der Waals surface area contributed by atoms with Gasteiger partial charge >= 0.3 is 0 Å². The molecule has 0 radical (unpaired) electrons. The van der Waals surface area contributed by atoms with E-state index in [4.69, 9.17) is 5.11 Å². The van der Waals surface area contributed by atoms with Crippen molar-refractivity contribution in [2.45, 2.75) is 38.7 Å². The molecule has 0 aliphatic heterocycles. The molecule has 1 amide bonds. The highest BCUT2D eigenvalue weighted by Crippen LogP contribution is 2.48. The lowest BCUT2D eigenvalue weighted by Crippen LogP contribution is -2.28. The van der Waals surface area contributed by atoms with Gasteiger partial charge in [-0.15, -0.1) is 0 Å². The highest BCUT2D eigenvalue weighted by Gasteiger charge is 2.44. The average Bonchev–Trinajstić information content (AvgIpc) is 3.09. The second-order valence-electron chi connectivity index (χ2n) is 5.23. The lowest BCUT2D eigenvalue weighted by Gasteiger charge is -2.07. The molecule has 3 atom stereocenters. The maximum absolute atomic E-state index is 11.9. The number of aliphatic hydroxyl groups excluding tert-OH is 1. The minimum absolute atomic E-state index is 0.125. The van der Waals surface area contributed by atoms with Gasteiger partial charge in [0.25, 0.3) is 0 Å². The Kier molecular flexibility index (Phi) is 4.02. The fraction of sp³-hybridized carbons (Fsp3) is 0.533. The van der Waals surface area contributed by atoms with Gasteiger partial charge in [0.15, 0.2) is 0 Å². The second-order valence-corrected chi connectivity index (χ2v) is 5.23. The van der Waals surface area contributed by atoms with E-state index in [0.29, 0.717) is 18.9 Å². The minimum atomic E-state index is -0.350. The molecule has 0 spiro atoms. The Morgan fingerprint density at radius 1 is 1.50 bits per heavy atom. The van der Waals surface area contributed by atoms with Crippen LogP contribution in [0.4, 0.5) is 0 Å². The van der Waals surface area contributed by atoms with E-state index in [9.17, 15) is 4.79 Å². The van der Waals surface area contributed by atoms with Crippen LogP contribution in [0.1, 0.15) is 36.8 Å². The SMILES string of the molecule is Cc1ccccc1C1CC1C(=O)NCCC(C)O. The third-order valence-electron chi connectivity index (χ3n) is 3.58. The molecular formula is C15H21NO2. The first kappa shape index (κ1) is 13.1. The third kappa shape index (κ3) is 3.10. The summed E-state index contributed by atoms with van der Waals surface area (Å²) < 4.78 is 0. The molecule has 1 fully saturated rings. The normalized spacial score (nSPS) is 23.5. The van der Waals surface area contributed by atoms with Gasteiger partial charge in [-0.2, -0.15) is 0 Å². The van der Waals surface area contributed by atoms with Gasteiger partial charge in [0.2, 0.25) is 5.91 Å². The average molecular weight is 247 g/mol. The lowest BCUT2D eigenvalue weighted by atomic mass is 10.0. The van der Waals surface area contributed by atoms with Crippen LogP contribution in [0, 0.1) is 12.8 Å². The van der Waals surface area contributed by atoms with Crippen LogP contribution >= 0.6 is 0 Å². The van der Waals surface area contributed by atoms with E-state index in [1.165, 1.54) is 11.1 Å². The number of amides is 1. The van der Waals surface area contributed by atoms with E-state index in [0.717, 1.165) is 6.42 Å². The Morgan fingerprint density at radius 3 is 2.89 bits per heavy atom. The molecule has 2 rings (SSSR count). The number of carbonyl (C=O) groups is 1. The van der Waals surface area contributed by atoms with E-state index in [1.807, 2.05) is 12.1 Å². The number of aryl methyl sites for hydroxylation is 1. The summed E-state index contributed by atoms with van der Waals surface area (Å²) in [4.78, 5) is 11.9. The zero-order valence-electron chi connectivity index (χ0n) is 11.0. The first-order valence-electron chi connectivity index (χ1n) is 6.61. The Hall–Kier alpha value is -1.35. The molecule has 1 aliphatic rings. The third-order valence-corrected chi connectivity index (χ3v) is 3.58.